The summed E-state index contributed by atoms with van der Waals surface area (Å²) in [5.74, 6) is -0.280. The van der Waals surface area contributed by atoms with Gasteiger partial charge in [-0.2, -0.15) is 12.7 Å². The van der Waals surface area contributed by atoms with E-state index in [1.165, 1.54) is 44.5 Å². The molecule has 1 saturated heterocycles. The fourth-order valence-corrected chi connectivity index (χ4v) is 8.66. The normalized spacial score (nSPS) is 23.2. The van der Waals surface area contributed by atoms with E-state index in [0.717, 1.165) is 65.0 Å². The topological polar surface area (TPSA) is 113 Å². The van der Waals surface area contributed by atoms with Gasteiger partial charge >= 0.3 is 16.2 Å². The molecule has 3 saturated carbocycles. The van der Waals surface area contributed by atoms with Gasteiger partial charge in [0.1, 0.15) is 0 Å². The summed E-state index contributed by atoms with van der Waals surface area (Å²) in [6.45, 7) is 1.82. The molecule has 10 nitrogen and oxygen atoms in total. The minimum Gasteiger partial charge on any atom is -0.365 e. The number of benzene rings is 2. The van der Waals surface area contributed by atoms with Crippen LogP contribution in [0.25, 0.3) is 22.2 Å². The molecule has 0 radical (unpaired) electrons. The predicted molar refractivity (Wildman–Crippen MR) is 176 cm³/mol. The highest BCUT2D eigenvalue weighted by atomic mass is 32.2. The maximum absolute atomic E-state index is 13.9. The molecule has 2 aliphatic heterocycles. The standard InChI is InChI=1S/C35H43N5O5S/c1-38(2)46(43,44)37-32(41)25-12-13-28-29(19-25)40-20-26(36-33(42)39-21-34(14-15-34)45-35(22-39)16-17-35)18-24-10-6-7-11-27(24)31(40)30(28)23-8-4-3-5-9-23/h6-7,10-13,19,23,26H,3-5,8-9,14-18,20-22H2,1-2H3,(H,36,42)(H,37,41). The van der Waals surface area contributed by atoms with Crippen molar-refractivity contribution in [1.29, 1.82) is 0 Å². The van der Waals surface area contributed by atoms with Crippen LogP contribution in [0.5, 0.6) is 0 Å². The van der Waals surface area contributed by atoms with E-state index in [4.69, 9.17) is 4.74 Å². The highest BCUT2D eigenvalue weighted by molar-refractivity contribution is 7.87. The van der Waals surface area contributed by atoms with Gasteiger partial charge in [0.25, 0.3) is 5.91 Å². The van der Waals surface area contributed by atoms with Gasteiger partial charge in [0, 0.05) is 42.7 Å². The Balaban J connectivity index is 1.20. The third-order valence-corrected chi connectivity index (χ3v) is 12.2. The van der Waals surface area contributed by atoms with Crippen LogP contribution in [-0.2, 0) is 27.9 Å². The highest BCUT2D eigenvalue weighted by Gasteiger charge is 2.60. The average molecular weight is 646 g/mol. The minimum absolute atomic E-state index is 0.0373. The molecule has 3 aromatic rings. The second-order valence-electron chi connectivity index (χ2n) is 14.5. The van der Waals surface area contributed by atoms with Crippen LogP contribution in [0.1, 0.15) is 85.2 Å². The fraction of sp³-hybridized carbons (Fsp3) is 0.543. The van der Waals surface area contributed by atoms with Crippen LogP contribution < -0.4 is 10.0 Å². The lowest BCUT2D eigenvalue weighted by Gasteiger charge is -2.39. The highest BCUT2D eigenvalue weighted by Crippen LogP contribution is 2.54. The number of urea groups is 1. The quantitative estimate of drug-likeness (QED) is 0.409. The van der Waals surface area contributed by atoms with Gasteiger partial charge in [0.15, 0.2) is 0 Å². The summed E-state index contributed by atoms with van der Waals surface area (Å²) in [5, 5.41) is 4.52. The monoisotopic (exact) mass is 645 g/mol. The molecular weight excluding hydrogens is 602 g/mol. The SMILES string of the molecule is CN(C)S(=O)(=O)NC(=O)c1ccc2c(C3CCCCC3)c3n(c2c1)CC(NC(=O)N1CC2(CC2)OC2(CC2)C1)Cc1ccccc1-3. The van der Waals surface area contributed by atoms with Crippen molar-refractivity contribution in [3.05, 3.63) is 59.2 Å². The van der Waals surface area contributed by atoms with Crippen LogP contribution in [0.15, 0.2) is 42.5 Å². The van der Waals surface area contributed by atoms with Crippen molar-refractivity contribution in [2.75, 3.05) is 27.2 Å². The number of aromatic nitrogens is 1. The van der Waals surface area contributed by atoms with Gasteiger partial charge in [-0.15, -0.1) is 0 Å². The lowest BCUT2D eigenvalue weighted by atomic mass is 9.81. The third kappa shape index (κ3) is 5.30. The maximum atomic E-state index is 13.9. The number of carbonyl (C=O) groups excluding carboxylic acids is 2. The second kappa shape index (κ2) is 10.8. The van der Waals surface area contributed by atoms with E-state index >= 15 is 0 Å². The van der Waals surface area contributed by atoms with Crippen LogP contribution in [-0.4, -0.2) is 78.6 Å². The van der Waals surface area contributed by atoms with E-state index in [1.54, 1.807) is 6.07 Å². The molecule has 2 spiro atoms. The Morgan fingerprint density at radius 2 is 1.65 bits per heavy atom. The molecule has 2 aromatic carbocycles. The average Bonchev–Trinajstić information content (AvgIpc) is 3.95. The number of rotatable bonds is 5. The summed E-state index contributed by atoms with van der Waals surface area (Å²) in [6.07, 6.45) is 10.6. The third-order valence-electron chi connectivity index (χ3n) is 10.8. The first-order valence-electron chi connectivity index (χ1n) is 16.8. The fourth-order valence-electron chi connectivity index (χ4n) is 8.13. The molecule has 3 aliphatic carbocycles. The zero-order valence-electron chi connectivity index (χ0n) is 26.7. The number of morpholine rings is 1. The van der Waals surface area contributed by atoms with Gasteiger partial charge in [-0.1, -0.05) is 49.6 Å². The molecule has 4 fully saturated rings. The van der Waals surface area contributed by atoms with Gasteiger partial charge in [0.05, 0.1) is 36.0 Å². The van der Waals surface area contributed by atoms with Crippen molar-refractivity contribution in [2.45, 2.75) is 93.9 Å². The minimum atomic E-state index is -3.95. The predicted octanol–water partition coefficient (Wildman–Crippen LogP) is 4.92. The van der Waals surface area contributed by atoms with E-state index in [-0.39, 0.29) is 28.8 Å². The number of ether oxygens (including phenoxy) is 1. The van der Waals surface area contributed by atoms with Crippen LogP contribution in [0, 0.1) is 0 Å². The molecule has 5 aliphatic rings. The number of hydrogen-bond donors (Lipinski definition) is 2. The van der Waals surface area contributed by atoms with E-state index < -0.39 is 16.1 Å². The zero-order valence-corrected chi connectivity index (χ0v) is 27.5. The Morgan fingerprint density at radius 3 is 2.33 bits per heavy atom. The summed E-state index contributed by atoms with van der Waals surface area (Å²) in [5.41, 5.74) is 5.69. The van der Waals surface area contributed by atoms with Crippen LogP contribution in [0.4, 0.5) is 4.79 Å². The van der Waals surface area contributed by atoms with Crippen molar-refractivity contribution >= 4 is 33.1 Å². The van der Waals surface area contributed by atoms with Crippen LogP contribution in [0.2, 0.25) is 0 Å². The summed E-state index contributed by atoms with van der Waals surface area (Å²) in [4.78, 5) is 29.2. The summed E-state index contributed by atoms with van der Waals surface area (Å²) >= 11 is 0. The molecule has 3 amide bonds. The Bertz CT molecular complexity index is 1810. The number of carbonyl (C=O) groups is 2. The van der Waals surface area contributed by atoms with Crippen LogP contribution in [0.3, 0.4) is 0 Å². The number of nitrogens with one attached hydrogen (secondary N) is 2. The summed E-state index contributed by atoms with van der Waals surface area (Å²) < 4.78 is 36.9. The zero-order chi connectivity index (χ0) is 31.8. The lowest BCUT2D eigenvalue weighted by molar-refractivity contribution is -0.105. The molecule has 0 bridgehead atoms. The molecule has 46 heavy (non-hydrogen) atoms. The summed E-state index contributed by atoms with van der Waals surface area (Å²) in [7, 11) is -1.17. The summed E-state index contributed by atoms with van der Waals surface area (Å²) in [6, 6.07) is 13.8. The molecule has 2 N–H and O–H groups in total. The molecule has 1 atom stereocenters. The second-order valence-corrected chi connectivity index (χ2v) is 16.4. The van der Waals surface area contributed by atoms with Crippen molar-refractivity contribution in [3.63, 3.8) is 0 Å². The van der Waals surface area contributed by atoms with Crippen molar-refractivity contribution < 1.29 is 22.7 Å². The molecule has 1 unspecified atom stereocenters. The van der Waals surface area contributed by atoms with Crippen LogP contribution >= 0.6 is 0 Å². The van der Waals surface area contributed by atoms with Crippen molar-refractivity contribution in [2.24, 2.45) is 0 Å². The Hall–Kier alpha value is -3.41. The van der Waals surface area contributed by atoms with Gasteiger partial charge in [-0.25, -0.2) is 9.52 Å². The maximum Gasteiger partial charge on any atom is 0.317 e. The van der Waals surface area contributed by atoms with E-state index in [2.05, 4.69) is 38.9 Å². The Labute approximate surface area is 270 Å². The van der Waals surface area contributed by atoms with Gasteiger partial charge < -0.3 is 19.5 Å². The molecular formula is C35H43N5O5S. The number of fused-ring (bicyclic) bond motifs is 5. The Morgan fingerprint density at radius 1 is 0.957 bits per heavy atom. The number of hydrogen-bond acceptors (Lipinski definition) is 5. The largest absolute Gasteiger partial charge is 0.365 e. The van der Waals surface area contributed by atoms with Gasteiger partial charge in [-0.05, 0) is 74.1 Å². The number of nitrogens with zero attached hydrogens (tertiary/aromatic N) is 3. The first-order valence-corrected chi connectivity index (χ1v) is 18.2. The van der Waals surface area contributed by atoms with E-state index in [0.29, 0.717) is 32.0 Å². The molecule has 1 aromatic heterocycles. The van der Waals surface area contributed by atoms with E-state index in [9.17, 15) is 18.0 Å². The van der Waals surface area contributed by atoms with Crippen molar-refractivity contribution in [3.8, 4) is 11.3 Å². The van der Waals surface area contributed by atoms with E-state index in [1.807, 2.05) is 17.0 Å². The number of amides is 3. The molecule has 8 rings (SSSR count). The Kier molecular flexibility index (Phi) is 7.04. The first kappa shape index (κ1) is 30.0. The molecule has 11 heteroatoms. The first-order chi connectivity index (χ1) is 22.1. The van der Waals surface area contributed by atoms with Gasteiger partial charge in [0.2, 0.25) is 0 Å². The smallest absolute Gasteiger partial charge is 0.317 e. The molecule has 244 valence electrons. The van der Waals surface area contributed by atoms with Gasteiger partial charge in [-0.3, -0.25) is 4.79 Å². The lowest BCUT2D eigenvalue weighted by Crippen LogP contribution is -2.57. The van der Waals surface area contributed by atoms with Crippen molar-refractivity contribution in [1.82, 2.24) is 23.8 Å². The molecule has 3 heterocycles.